The number of hydrogen-bond acceptors (Lipinski definition) is 1. The molecule has 0 amide bonds. The summed E-state index contributed by atoms with van der Waals surface area (Å²) in [4.78, 5) is 3.33. The molecule has 3 aromatic rings. The van der Waals surface area contributed by atoms with Crippen LogP contribution in [0.25, 0.3) is 10.9 Å². The van der Waals surface area contributed by atoms with Gasteiger partial charge in [-0.2, -0.15) is 0 Å². The highest BCUT2D eigenvalue weighted by Gasteiger charge is 2.16. The van der Waals surface area contributed by atoms with Crippen LogP contribution in [-0.4, -0.2) is 11.5 Å². The van der Waals surface area contributed by atoms with Gasteiger partial charge in [0.05, 0.1) is 0 Å². The fourth-order valence-electron chi connectivity index (χ4n) is 2.68. The fraction of sp³-hybridized carbons (Fsp3) is 0.176. The summed E-state index contributed by atoms with van der Waals surface area (Å²) in [5.41, 5.74) is 10.9. The average Bonchev–Trinajstić information content (AvgIpc) is 2.85. The molecule has 0 radical (unpaired) electrons. The number of H-pyrrole nitrogens is 1. The molecule has 0 spiro atoms. The lowest BCUT2D eigenvalue weighted by molar-refractivity contribution is 0.825. The maximum atomic E-state index is 6.02. The van der Waals surface area contributed by atoms with Crippen molar-refractivity contribution in [3.05, 3.63) is 70.4 Å². The number of nitrogens with two attached hydrogens (primary N) is 1. The Morgan fingerprint density at radius 3 is 2.60 bits per heavy atom. The zero-order chi connectivity index (χ0) is 14.1. The third kappa shape index (κ3) is 2.33. The summed E-state index contributed by atoms with van der Waals surface area (Å²) in [6.45, 7) is 2.68. The van der Waals surface area contributed by atoms with Gasteiger partial charge in [0, 0.05) is 34.6 Å². The minimum Gasteiger partial charge on any atom is -0.361 e. The minimum absolute atomic E-state index is 0.183. The van der Waals surface area contributed by atoms with E-state index in [1.165, 1.54) is 22.1 Å². The largest absolute Gasteiger partial charge is 0.361 e. The molecule has 0 saturated heterocycles. The van der Waals surface area contributed by atoms with Crippen LogP contribution in [0.2, 0.25) is 5.02 Å². The minimum atomic E-state index is 0.183. The fourth-order valence-corrected chi connectivity index (χ4v) is 2.81. The molecular weight excluding hydrogens is 268 g/mol. The lowest BCUT2D eigenvalue weighted by atomic mass is 9.91. The number of fused-ring (bicyclic) bond motifs is 1. The van der Waals surface area contributed by atoms with E-state index in [1.807, 2.05) is 12.1 Å². The zero-order valence-electron chi connectivity index (χ0n) is 11.4. The van der Waals surface area contributed by atoms with Crippen LogP contribution >= 0.6 is 11.6 Å². The van der Waals surface area contributed by atoms with E-state index in [2.05, 4.69) is 48.4 Å². The molecule has 1 heterocycles. The molecule has 0 bridgehead atoms. The molecule has 2 nitrogen and oxygen atoms in total. The Bertz CT molecular complexity index is 728. The van der Waals surface area contributed by atoms with Crippen molar-refractivity contribution >= 4 is 22.5 Å². The lowest BCUT2D eigenvalue weighted by Crippen LogP contribution is -2.13. The van der Waals surface area contributed by atoms with Gasteiger partial charge in [0.15, 0.2) is 0 Å². The first-order chi connectivity index (χ1) is 9.69. The summed E-state index contributed by atoms with van der Waals surface area (Å²) >= 11 is 5.96. The highest BCUT2D eigenvalue weighted by Crippen LogP contribution is 2.31. The molecule has 0 aliphatic rings. The van der Waals surface area contributed by atoms with Crippen LogP contribution in [0.5, 0.6) is 0 Å². The first-order valence-corrected chi connectivity index (χ1v) is 7.10. The zero-order valence-corrected chi connectivity index (χ0v) is 12.1. The number of aromatic amines is 1. The van der Waals surface area contributed by atoms with Crippen LogP contribution in [0.15, 0.2) is 48.7 Å². The standard InChI is InChI=1S/C17H17ClN2/c1-11-2-7-17-14(8-11)16(10-20-17)15(9-19)12-3-5-13(18)6-4-12/h2-8,10,15,20H,9,19H2,1H3. The maximum Gasteiger partial charge on any atom is 0.0457 e. The third-order valence-electron chi connectivity index (χ3n) is 3.75. The van der Waals surface area contributed by atoms with Gasteiger partial charge in [0.2, 0.25) is 0 Å². The van der Waals surface area contributed by atoms with E-state index >= 15 is 0 Å². The molecule has 0 saturated carbocycles. The van der Waals surface area contributed by atoms with Gasteiger partial charge in [-0.15, -0.1) is 0 Å². The average molecular weight is 285 g/mol. The molecule has 102 valence electrons. The van der Waals surface area contributed by atoms with Gasteiger partial charge in [-0.05, 0) is 42.3 Å². The Balaban J connectivity index is 2.11. The van der Waals surface area contributed by atoms with E-state index in [1.54, 1.807) is 0 Å². The van der Waals surface area contributed by atoms with Crippen molar-refractivity contribution in [3.63, 3.8) is 0 Å². The Labute approximate surface area is 123 Å². The Kier molecular flexibility index (Phi) is 3.51. The number of halogens is 1. The van der Waals surface area contributed by atoms with Gasteiger partial charge in [0.25, 0.3) is 0 Å². The van der Waals surface area contributed by atoms with Gasteiger partial charge in [-0.3, -0.25) is 0 Å². The lowest BCUT2D eigenvalue weighted by Gasteiger charge is -2.15. The Morgan fingerprint density at radius 1 is 1.15 bits per heavy atom. The summed E-state index contributed by atoms with van der Waals surface area (Å²) in [7, 11) is 0. The molecule has 2 aromatic carbocycles. The highest BCUT2D eigenvalue weighted by molar-refractivity contribution is 6.30. The molecule has 3 rings (SSSR count). The quantitative estimate of drug-likeness (QED) is 0.743. The van der Waals surface area contributed by atoms with Crippen molar-refractivity contribution in [2.45, 2.75) is 12.8 Å². The second-order valence-corrected chi connectivity index (χ2v) is 5.57. The molecule has 0 fully saturated rings. The van der Waals surface area contributed by atoms with Crippen LogP contribution < -0.4 is 5.73 Å². The molecule has 1 unspecified atom stereocenters. The van der Waals surface area contributed by atoms with E-state index in [0.717, 1.165) is 10.5 Å². The van der Waals surface area contributed by atoms with E-state index in [9.17, 15) is 0 Å². The van der Waals surface area contributed by atoms with Crippen LogP contribution in [0.4, 0.5) is 0 Å². The second kappa shape index (κ2) is 5.31. The number of benzene rings is 2. The SMILES string of the molecule is Cc1ccc2[nH]cc(C(CN)c3ccc(Cl)cc3)c2c1. The predicted molar refractivity (Wildman–Crippen MR) is 85.4 cm³/mol. The van der Waals surface area contributed by atoms with Gasteiger partial charge >= 0.3 is 0 Å². The monoisotopic (exact) mass is 284 g/mol. The smallest absolute Gasteiger partial charge is 0.0457 e. The van der Waals surface area contributed by atoms with Crippen molar-refractivity contribution in [2.75, 3.05) is 6.54 Å². The van der Waals surface area contributed by atoms with Gasteiger partial charge in [-0.1, -0.05) is 35.4 Å². The molecule has 1 atom stereocenters. The van der Waals surface area contributed by atoms with Crippen LogP contribution in [0, 0.1) is 6.92 Å². The van der Waals surface area contributed by atoms with Crippen molar-refractivity contribution in [1.29, 1.82) is 0 Å². The molecular formula is C17H17ClN2. The van der Waals surface area contributed by atoms with E-state index in [0.29, 0.717) is 6.54 Å². The third-order valence-corrected chi connectivity index (χ3v) is 4.00. The predicted octanol–water partition coefficient (Wildman–Crippen LogP) is 4.22. The summed E-state index contributed by atoms with van der Waals surface area (Å²) in [6.07, 6.45) is 2.07. The van der Waals surface area contributed by atoms with Crippen molar-refractivity contribution in [1.82, 2.24) is 4.98 Å². The number of rotatable bonds is 3. The first kappa shape index (κ1) is 13.2. The van der Waals surface area contributed by atoms with E-state index in [-0.39, 0.29) is 5.92 Å². The van der Waals surface area contributed by atoms with Crippen molar-refractivity contribution in [3.8, 4) is 0 Å². The molecule has 0 aliphatic heterocycles. The second-order valence-electron chi connectivity index (χ2n) is 5.13. The molecule has 20 heavy (non-hydrogen) atoms. The van der Waals surface area contributed by atoms with Gasteiger partial charge in [-0.25, -0.2) is 0 Å². The van der Waals surface area contributed by atoms with Crippen LogP contribution in [0.1, 0.15) is 22.6 Å². The number of aromatic nitrogens is 1. The number of nitrogens with one attached hydrogen (secondary N) is 1. The molecule has 3 heteroatoms. The Morgan fingerprint density at radius 2 is 1.90 bits per heavy atom. The Hall–Kier alpha value is -1.77. The van der Waals surface area contributed by atoms with Crippen molar-refractivity contribution < 1.29 is 0 Å². The summed E-state index contributed by atoms with van der Waals surface area (Å²) in [5, 5.41) is 2.00. The maximum absolute atomic E-state index is 6.02. The number of aryl methyl sites for hydroxylation is 1. The molecule has 1 aromatic heterocycles. The van der Waals surface area contributed by atoms with Crippen LogP contribution in [0.3, 0.4) is 0 Å². The first-order valence-electron chi connectivity index (χ1n) is 6.72. The topological polar surface area (TPSA) is 41.8 Å². The molecule has 0 aliphatic carbocycles. The van der Waals surface area contributed by atoms with Gasteiger partial charge in [0.1, 0.15) is 0 Å². The summed E-state index contributed by atoms with van der Waals surface area (Å²) < 4.78 is 0. The number of hydrogen-bond donors (Lipinski definition) is 2. The molecule has 3 N–H and O–H groups in total. The van der Waals surface area contributed by atoms with E-state index in [4.69, 9.17) is 17.3 Å². The van der Waals surface area contributed by atoms with Crippen molar-refractivity contribution in [2.24, 2.45) is 5.73 Å². The summed E-state index contributed by atoms with van der Waals surface area (Å²) in [5.74, 6) is 0.183. The summed E-state index contributed by atoms with van der Waals surface area (Å²) in [6, 6.07) is 14.4. The van der Waals surface area contributed by atoms with E-state index < -0.39 is 0 Å². The van der Waals surface area contributed by atoms with Crippen LogP contribution in [-0.2, 0) is 0 Å². The highest BCUT2D eigenvalue weighted by atomic mass is 35.5. The normalized spacial score (nSPS) is 12.8. The van der Waals surface area contributed by atoms with Gasteiger partial charge < -0.3 is 10.7 Å².